The monoisotopic (exact) mass is 285 g/mol. The van der Waals surface area contributed by atoms with Gasteiger partial charge < -0.3 is 4.74 Å². The molecule has 110 valence electrons. The molecule has 0 fully saturated rings. The van der Waals surface area contributed by atoms with Gasteiger partial charge in [0.15, 0.2) is 5.78 Å². The number of ether oxygens (including phenoxy) is 1. The number of carbonyl (C=O) groups is 2. The predicted octanol–water partition coefficient (Wildman–Crippen LogP) is 3.25. The van der Waals surface area contributed by atoms with Gasteiger partial charge in [0.1, 0.15) is 11.6 Å². The summed E-state index contributed by atoms with van der Waals surface area (Å²) in [6.07, 6.45) is 1.60. The molecule has 0 radical (unpaired) electrons. The first-order valence-corrected chi connectivity index (χ1v) is 7.10. The van der Waals surface area contributed by atoms with Crippen molar-refractivity contribution in [3.63, 3.8) is 0 Å². The third-order valence-electron chi connectivity index (χ3n) is 3.40. The fourth-order valence-corrected chi connectivity index (χ4v) is 2.38. The molecule has 0 aliphatic heterocycles. The van der Waals surface area contributed by atoms with Gasteiger partial charge in [0, 0.05) is 11.6 Å². The summed E-state index contributed by atoms with van der Waals surface area (Å²) >= 11 is 0. The molecule has 0 bridgehead atoms. The molecule has 1 heterocycles. The van der Waals surface area contributed by atoms with E-state index >= 15 is 0 Å². The van der Waals surface area contributed by atoms with Crippen LogP contribution in [0, 0.1) is 11.8 Å². The number of rotatable bonds is 5. The summed E-state index contributed by atoms with van der Waals surface area (Å²) in [6.45, 7) is 5.67. The molecule has 0 amide bonds. The molecule has 2 aromatic rings. The minimum absolute atomic E-state index is 0.141. The van der Waals surface area contributed by atoms with Crippen LogP contribution in [0.3, 0.4) is 0 Å². The van der Waals surface area contributed by atoms with Gasteiger partial charge >= 0.3 is 5.97 Å². The van der Waals surface area contributed by atoms with Crippen LogP contribution < -0.4 is 0 Å². The lowest BCUT2D eigenvalue weighted by Gasteiger charge is -2.18. The number of aromatic nitrogens is 1. The van der Waals surface area contributed by atoms with Crippen LogP contribution in [-0.4, -0.2) is 23.3 Å². The van der Waals surface area contributed by atoms with Crippen molar-refractivity contribution < 1.29 is 14.3 Å². The highest BCUT2D eigenvalue weighted by Crippen LogP contribution is 2.23. The number of esters is 1. The number of ketones is 1. The van der Waals surface area contributed by atoms with Gasteiger partial charge in [0.2, 0.25) is 0 Å². The maximum absolute atomic E-state index is 12.8. The highest BCUT2D eigenvalue weighted by atomic mass is 16.5. The van der Waals surface area contributed by atoms with Crippen LogP contribution in [0.15, 0.2) is 36.5 Å². The molecule has 0 saturated carbocycles. The number of hydrogen-bond acceptors (Lipinski definition) is 4. The van der Waals surface area contributed by atoms with E-state index in [4.69, 9.17) is 4.74 Å². The number of Topliss-reactive ketones (excluding diaryl/α,β-unsaturated/α-hetero) is 1. The molecule has 0 N–H and O–H groups in total. The summed E-state index contributed by atoms with van der Waals surface area (Å²) in [5, 5.41) is 1.70. The average Bonchev–Trinajstić information content (AvgIpc) is 2.46. The van der Waals surface area contributed by atoms with Crippen LogP contribution in [-0.2, 0) is 9.53 Å². The van der Waals surface area contributed by atoms with E-state index in [-0.39, 0.29) is 18.3 Å². The fourth-order valence-electron chi connectivity index (χ4n) is 2.38. The smallest absolute Gasteiger partial charge is 0.317 e. The van der Waals surface area contributed by atoms with Crippen LogP contribution in [0.4, 0.5) is 0 Å². The van der Waals surface area contributed by atoms with Crippen molar-refractivity contribution in [2.45, 2.75) is 20.8 Å². The first-order valence-electron chi connectivity index (χ1n) is 7.10. The van der Waals surface area contributed by atoms with Crippen molar-refractivity contribution in [2.24, 2.45) is 11.8 Å². The Morgan fingerprint density at radius 1 is 1.19 bits per heavy atom. The van der Waals surface area contributed by atoms with E-state index in [1.807, 2.05) is 44.2 Å². The Hall–Kier alpha value is -2.23. The molecular weight excluding hydrogens is 266 g/mol. The Morgan fingerprint density at radius 2 is 1.90 bits per heavy atom. The molecule has 1 unspecified atom stereocenters. The Morgan fingerprint density at radius 3 is 2.57 bits per heavy atom. The van der Waals surface area contributed by atoms with Gasteiger partial charge in [-0.25, -0.2) is 0 Å². The van der Waals surface area contributed by atoms with E-state index in [1.165, 1.54) is 0 Å². The normalized spacial score (nSPS) is 12.4. The SMILES string of the molecule is CCOC(=O)C(C(=O)c1nccc2ccccc12)C(C)C. The maximum atomic E-state index is 12.8. The minimum Gasteiger partial charge on any atom is -0.465 e. The van der Waals surface area contributed by atoms with Crippen molar-refractivity contribution in [3.8, 4) is 0 Å². The van der Waals surface area contributed by atoms with Crippen molar-refractivity contribution in [1.82, 2.24) is 4.98 Å². The Kier molecular flexibility index (Phi) is 4.68. The van der Waals surface area contributed by atoms with Crippen LogP contribution in [0.25, 0.3) is 10.8 Å². The quantitative estimate of drug-likeness (QED) is 0.480. The zero-order valence-corrected chi connectivity index (χ0v) is 12.5. The highest BCUT2D eigenvalue weighted by molar-refractivity contribution is 6.14. The van der Waals surface area contributed by atoms with Gasteiger partial charge in [-0.2, -0.15) is 0 Å². The molecule has 1 aromatic heterocycles. The molecule has 0 saturated heterocycles. The van der Waals surface area contributed by atoms with E-state index in [0.29, 0.717) is 5.69 Å². The van der Waals surface area contributed by atoms with Crippen molar-refractivity contribution in [3.05, 3.63) is 42.2 Å². The van der Waals surface area contributed by atoms with Crippen LogP contribution >= 0.6 is 0 Å². The topological polar surface area (TPSA) is 56.3 Å². The summed E-state index contributed by atoms with van der Waals surface area (Å²) in [6, 6.07) is 9.37. The summed E-state index contributed by atoms with van der Waals surface area (Å²) in [5.74, 6) is -1.71. The number of benzene rings is 1. The van der Waals surface area contributed by atoms with Crippen LogP contribution in [0.2, 0.25) is 0 Å². The van der Waals surface area contributed by atoms with Crippen LogP contribution in [0.1, 0.15) is 31.3 Å². The largest absolute Gasteiger partial charge is 0.465 e. The summed E-state index contributed by atoms with van der Waals surface area (Å²) in [7, 11) is 0. The fraction of sp³-hybridized carbons (Fsp3) is 0.353. The molecular formula is C17H19NO3. The number of fused-ring (bicyclic) bond motifs is 1. The molecule has 0 aliphatic carbocycles. The molecule has 0 spiro atoms. The molecule has 1 aromatic carbocycles. The third kappa shape index (κ3) is 3.10. The van der Waals surface area contributed by atoms with Gasteiger partial charge in [0.05, 0.1) is 6.61 Å². The Balaban J connectivity index is 2.46. The number of hydrogen-bond donors (Lipinski definition) is 0. The van der Waals surface area contributed by atoms with E-state index in [2.05, 4.69) is 4.98 Å². The number of carbonyl (C=O) groups excluding carboxylic acids is 2. The second-order valence-electron chi connectivity index (χ2n) is 5.22. The van der Waals surface area contributed by atoms with Crippen LogP contribution in [0.5, 0.6) is 0 Å². The van der Waals surface area contributed by atoms with Crippen molar-refractivity contribution >= 4 is 22.5 Å². The minimum atomic E-state index is -0.816. The number of pyridine rings is 1. The van der Waals surface area contributed by atoms with Crippen molar-refractivity contribution in [1.29, 1.82) is 0 Å². The zero-order chi connectivity index (χ0) is 15.4. The lowest BCUT2D eigenvalue weighted by atomic mass is 9.88. The molecule has 2 rings (SSSR count). The molecule has 4 nitrogen and oxygen atoms in total. The molecule has 4 heteroatoms. The van der Waals surface area contributed by atoms with E-state index in [9.17, 15) is 9.59 Å². The first-order chi connectivity index (χ1) is 10.1. The lowest BCUT2D eigenvalue weighted by Crippen LogP contribution is -2.31. The molecule has 21 heavy (non-hydrogen) atoms. The van der Waals surface area contributed by atoms with Gasteiger partial charge in [-0.05, 0) is 24.3 Å². The summed E-state index contributed by atoms with van der Waals surface area (Å²) < 4.78 is 5.03. The van der Waals surface area contributed by atoms with E-state index in [1.54, 1.807) is 13.1 Å². The van der Waals surface area contributed by atoms with Gasteiger partial charge in [-0.3, -0.25) is 14.6 Å². The van der Waals surface area contributed by atoms with Gasteiger partial charge in [-0.15, -0.1) is 0 Å². The van der Waals surface area contributed by atoms with Gasteiger partial charge in [0.25, 0.3) is 0 Å². The summed E-state index contributed by atoms with van der Waals surface area (Å²) in [5.41, 5.74) is 0.333. The first kappa shape index (κ1) is 15.2. The van der Waals surface area contributed by atoms with Gasteiger partial charge in [-0.1, -0.05) is 38.1 Å². The average molecular weight is 285 g/mol. The summed E-state index contributed by atoms with van der Waals surface area (Å²) in [4.78, 5) is 29.0. The zero-order valence-electron chi connectivity index (χ0n) is 12.5. The maximum Gasteiger partial charge on any atom is 0.317 e. The molecule has 0 aliphatic rings. The standard InChI is InChI=1S/C17H19NO3/c1-4-21-17(20)14(11(2)3)16(19)15-13-8-6-5-7-12(13)9-10-18-15/h5-11,14H,4H2,1-3H3. The molecule has 1 atom stereocenters. The Bertz CT molecular complexity index is 659. The Labute approximate surface area is 124 Å². The van der Waals surface area contributed by atoms with Crippen molar-refractivity contribution in [2.75, 3.05) is 6.61 Å². The third-order valence-corrected chi connectivity index (χ3v) is 3.40. The second kappa shape index (κ2) is 6.48. The van der Waals surface area contributed by atoms with E-state index in [0.717, 1.165) is 10.8 Å². The second-order valence-corrected chi connectivity index (χ2v) is 5.22. The van der Waals surface area contributed by atoms with E-state index < -0.39 is 11.9 Å². The predicted molar refractivity (Wildman–Crippen MR) is 81.0 cm³/mol. The highest BCUT2D eigenvalue weighted by Gasteiger charge is 2.33. The number of nitrogens with zero attached hydrogens (tertiary/aromatic N) is 1. The lowest BCUT2D eigenvalue weighted by molar-refractivity contribution is -0.147.